The quantitative estimate of drug-likeness (QED) is 0.475. The third-order valence-corrected chi connectivity index (χ3v) is 3.94. The topological polar surface area (TPSA) is 59.4 Å². The standard InChI is InChI=1S/C9H7N3.C8H7BrN2/c1-12-3-2-8-4-7(5-10)6-11-9(8)12;1-11-3-2-6-4-7(9)5-10-8(6)11/h2-4,6H,1H3;2-5H,1H3. The number of rotatable bonds is 0. The zero-order chi connectivity index (χ0) is 16.4. The van der Waals surface area contributed by atoms with Crippen LogP contribution in [0.15, 0.2) is 53.5 Å². The number of fused-ring (bicyclic) bond motifs is 2. The Hall–Kier alpha value is -2.65. The van der Waals surface area contributed by atoms with E-state index >= 15 is 0 Å². The van der Waals surface area contributed by atoms with Crippen LogP contribution in [0, 0.1) is 11.3 Å². The number of hydrogen-bond acceptors (Lipinski definition) is 3. The van der Waals surface area contributed by atoms with Gasteiger partial charge in [-0.05, 0) is 40.2 Å². The Morgan fingerprint density at radius 3 is 2.13 bits per heavy atom. The third kappa shape index (κ3) is 3.10. The van der Waals surface area contributed by atoms with Gasteiger partial charge in [-0.15, -0.1) is 0 Å². The Balaban J connectivity index is 0.000000136. The van der Waals surface area contributed by atoms with E-state index in [1.54, 1.807) is 6.20 Å². The van der Waals surface area contributed by atoms with E-state index in [1.807, 2.05) is 60.0 Å². The zero-order valence-corrected chi connectivity index (χ0v) is 14.3. The molecule has 0 saturated carbocycles. The highest BCUT2D eigenvalue weighted by Gasteiger charge is 1.99. The number of nitrogens with zero attached hydrogens (tertiary/aromatic N) is 5. The molecule has 0 aliphatic carbocycles. The molecule has 0 atom stereocenters. The summed E-state index contributed by atoms with van der Waals surface area (Å²) in [6, 6.07) is 9.95. The molecule has 23 heavy (non-hydrogen) atoms. The number of hydrogen-bond donors (Lipinski definition) is 0. The summed E-state index contributed by atoms with van der Waals surface area (Å²) >= 11 is 3.37. The van der Waals surface area contributed by atoms with Gasteiger partial charge in [-0.25, -0.2) is 9.97 Å². The summed E-state index contributed by atoms with van der Waals surface area (Å²) in [7, 11) is 3.92. The van der Waals surface area contributed by atoms with Crippen molar-refractivity contribution in [2.45, 2.75) is 0 Å². The van der Waals surface area contributed by atoms with Crippen LogP contribution in [0.1, 0.15) is 5.56 Å². The van der Waals surface area contributed by atoms with Crippen LogP contribution in [-0.2, 0) is 14.1 Å². The van der Waals surface area contributed by atoms with Crippen molar-refractivity contribution in [3.63, 3.8) is 0 Å². The number of aryl methyl sites for hydroxylation is 2. The average Bonchev–Trinajstić information content (AvgIpc) is 3.11. The number of pyridine rings is 2. The van der Waals surface area contributed by atoms with Crippen molar-refractivity contribution in [1.82, 2.24) is 19.1 Å². The molecule has 0 unspecified atom stereocenters. The first kappa shape index (κ1) is 15.3. The molecule has 0 aromatic carbocycles. The highest BCUT2D eigenvalue weighted by molar-refractivity contribution is 9.10. The maximum atomic E-state index is 8.61. The lowest BCUT2D eigenvalue weighted by atomic mass is 10.2. The molecule has 114 valence electrons. The predicted octanol–water partition coefficient (Wildman–Crippen LogP) is 3.78. The van der Waals surface area contributed by atoms with Crippen molar-refractivity contribution in [2.75, 3.05) is 0 Å². The minimum absolute atomic E-state index is 0.605. The monoisotopic (exact) mass is 367 g/mol. The van der Waals surface area contributed by atoms with E-state index in [9.17, 15) is 0 Å². The molecule has 4 aromatic heterocycles. The lowest BCUT2D eigenvalue weighted by Gasteiger charge is -1.93. The largest absolute Gasteiger partial charge is 0.336 e. The van der Waals surface area contributed by atoms with Crippen molar-refractivity contribution in [3.8, 4) is 6.07 Å². The predicted molar refractivity (Wildman–Crippen MR) is 93.8 cm³/mol. The van der Waals surface area contributed by atoms with Gasteiger partial charge in [-0.3, -0.25) is 0 Å². The number of halogens is 1. The van der Waals surface area contributed by atoms with Crippen LogP contribution in [0.5, 0.6) is 0 Å². The third-order valence-electron chi connectivity index (χ3n) is 3.51. The molecular formula is C17H14BrN5. The second kappa shape index (κ2) is 6.23. The van der Waals surface area contributed by atoms with Crippen molar-refractivity contribution in [1.29, 1.82) is 5.26 Å². The molecule has 6 heteroatoms. The molecule has 0 aliphatic heterocycles. The van der Waals surface area contributed by atoms with Crippen LogP contribution in [0.4, 0.5) is 0 Å². The summed E-state index contributed by atoms with van der Waals surface area (Å²) in [6.07, 6.45) is 7.33. The van der Waals surface area contributed by atoms with Gasteiger partial charge in [0.2, 0.25) is 0 Å². The summed E-state index contributed by atoms with van der Waals surface area (Å²) < 4.78 is 4.95. The molecule has 0 saturated heterocycles. The van der Waals surface area contributed by atoms with E-state index in [1.165, 1.54) is 5.39 Å². The average molecular weight is 368 g/mol. The lowest BCUT2D eigenvalue weighted by Crippen LogP contribution is -1.87. The fraction of sp³-hybridized carbons (Fsp3) is 0.118. The Kier molecular flexibility index (Phi) is 4.13. The van der Waals surface area contributed by atoms with Gasteiger partial charge in [0.15, 0.2) is 0 Å². The molecule has 0 amide bonds. The van der Waals surface area contributed by atoms with Gasteiger partial charge in [-0.2, -0.15) is 5.26 Å². The summed E-state index contributed by atoms with van der Waals surface area (Å²) in [6.45, 7) is 0. The number of aromatic nitrogens is 4. The van der Waals surface area contributed by atoms with Gasteiger partial charge in [0.25, 0.3) is 0 Å². The summed E-state index contributed by atoms with van der Waals surface area (Å²) in [5, 5.41) is 10.8. The molecule has 5 nitrogen and oxygen atoms in total. The molecule has 4 rings (SSSR count). The van der Waals surface area contributed by atoms with Gasteiger partial charge in [0.05, 0.1) is 5.56 Å². The smallest absolute Gasteiger partial charge is 0.139 e. The summed E-state index contributed by atoms with van der Waals surface area (Å²) in [5.41, 5.74) is 2.54. The fourth-order valence-corrected chi connectivity index (χ4v) is 2.69. The van der Waals surface area contributed by atoms with Gasteiger partial charge in [0.1, 0.15) is 17.4 Å². The molecule has 4 heterocycles. The van der Waals surface area contributed by atoms with Crippen molar-refractivity contribution < 1.29 is 0 Å². The SMILES string of the molecule is Cn1ccc2cc(Br)cnc21.Cn1ccc2cc(C#N)cnc21. The van der Waals surface area contributed by atoms with Crippen LogP contribution in [0.2, 0.25) is 0 Å². The van der Waals surface area contributed by atoms with E-state index < -0.39 is 0 Å². The Bertz CT molecular complexity index is 1020. The highest BCUT2D eigenvalue weighted by Crippen LogP contribution is 2.17. The second-order valence-electron chi connectivity index (χ2n) is 5.17. The van der Waals surface area contributed by atoms with Crippen LogP contribution >= 0.6 is 15.9 Å². The maximum Gasteiger partial charge on any atom is 0.139 e. The number of nitriles is 1. The fourth-order valence-electron chi connectivity index (χ4n) is 2.34. The van der Waals surface area contributed by atoms with Crippen molar-refractivity contribution in [2.24, 2.45) is 14.1 Å². The molecule has 4 aromatic rings. The normalized spacial score (nSPS) is 10.3. The van der Waals surface area contributed by atoms with E-state index in [0.29, 0.717) is 5.56 Å². The first-order chi connectivity index (χ1) is 11.1. The molecular weight excluding hydrogens is 354 g/mol. The van der Waals surface area contributed by atoms with Crippen LogP contribution in [-0.4, -0.2) is 19.1 Å². The molecule has 0 radical (unpaired) electrons. The van der Waals surface area contributed by atoms with E-state index in [2.05, 4.69) is 38.0 Å². The second-order valence-corrected chi connectivity index (χ2v) is 6.08. The molecule has 0 bridgehead atoms. The van der Waals surface area contributed by atoms with E-state index in [4.69, 9.17) is 5.26 Å². The van der Waals surface area contributed by atoms with Gasteiger partial charge < -0.3 is 9.13 Å². The maximum absolute atomic E-state index is 8.61. The van der Waals surface area contributed by atoms with Crippen molar-refractivity contribution >= 4 is 38.0 Å². The van der Waals surface area contributed by atoms with Crippen LogP contribution in [0.3, 0.4) is 0 Å². The van der Waals surface area contributed by atoms with Gasteiger partial charge >= 0.3 is 0 Å². The molecule has 0 spiro atoms. The Morgan fingerprint density at radius 2 is 1.52 bits per heavy atom. The summed E-state index contributed by atoms with van der Waals surface area (Å²) in [5.74, 6) is 0. The van der Waals surface area contributed by atoms with E-state index in [-0.39, 0.29) is 0 Å². The molecule has 0 aliphatic rings. The van der Waals surface area contributed by atoms with Crippen molar-refractivity contribution in [3.05, 3.63) is 59.1 Å². The highest BCUT2D eigenvalue weighted by atomic mass is 79.9. The van der Waals surface area contributed by atoms with Gasteiger partial charge in [0, 0.05) is 54.1 Å². The Morgan fingerprint density at radius 1 is 0.957 bits per heavy atom. The molecule has 0 N–H and O–H groups in total. The van der Waals surface area contributed by atoms with Crippen LogP contribution in [0.25, 0.3) is 22.1 Å². The van der Waals surface area contributed by atoms with Crippen LogP contribution < -0.4 is 0 Å². The molecule has 0 fully saturated rings. The first-order valence-corrected chi connectivity index (χ1v) is 7.75. The minimum Gasteiger partial charge on any atom is -0.336 e. The van der Waals surface area contributed by atoms with Gasteiger partial charge in [-0.1, -0.05) is 0 Å². The first-order valence-electron chi connectivity index (χ1n) is 6.96. The van der Waals surface area contributed by atoms with E-state index in [0.717, 1.165) is 21.2 Å². The summed E-state index contributed by atoms with van der Waals surface area (Å²) in [4.78, 5) is 8.41. The zero-order valence-electron chi connectivity index (χ0n) is 12.7. The Labute approximate surface area is 141 Å². The lowest BCUT2D eigenvalue weighted by molar-refractivity contribution is 0.948. The minimum atomic E-state index is 0.605.